The van der Waals surface area contributed by atoms with Crippen molar-refractivity contribution in [3.8, 4) is 17.0 Å². The number of nitrogens with one attached hydrogen (secondary N) is 1. The average molecular weight is 283 g/mol. The maximum Gasteiger partial charge on any atom is 0.226 e. The molecule has 0 bridgehead atoms. The van der Waals surface area contributed by atoms with Crippen molar-refractivity contribution in [2.45, 2.75) is 12.8 Å². The number of amides is 1. The molecule has 0 unspecified atom stereocenters. The Labute approximate surface area is 123 Å². The van der Waals surface area contributed by atoms with Gasteiger partial charge in [0.05, 0.1) is 12.3 Å². The van der Waals surface area contributed by atoms with Crippen molar-refractivity contribution in [1.82, 2.24) is 4.98 Å². The Morgan fingerprint density at radius 3 is 3.10 bits per heavy atom. The normalized spacial score (nSPS) is 12.6. The Morgan fingerprint density at radius 1 is 1.33 bits per heavy atom. The van der Waals surface area contributed by atoms with E-state index in [4.69, 9.17) is 10.5 Å². The van der Waals surface area contributed by atoms with Crippen molar-refractivity contribution >= 4 is 11.7 Å². The summed E-state index contributed by atoms with van der Waals surface area (Å²) in [6.07, 6.45) is 1.22. The number of benzene rings is 1. The topological polar surface area (TPSA) is 77.2 Å². The number of rotatable bonds is 4. The van der Waals surface area contributed by atoms with Crippen LogP contribution in [0.2, 0.25) is 0 Å². The summed E-state index contributed by atoms with van der Waals surface area (Å²) in [4.78, 5) is 16.0. The molecule has 21 heavy (non-hydrogen) atoms. The predicted octanol–water partition coefficient (Wildman–Crippen LogP) is 1.97. The van der Waals surface area contributed by atoms with Crippen LogP contribution in [0.4, 0.5) is 5.82 Å². The summed E-state index contributed by atoms with van der Waals surface area (Å²) in [7, 11) is 0. The second-order valence-electron chi connectivity index (χ2n) is 4.92. The van der Waals surface area contributed by atoms with E-state index in [-0.39, 0.29) is 5.91 Å². The number of carbonyl (C=O) groups is 1. The predicted molar refractivity (Wildman–Crippen MR) is 81.2 cm³/mol. The third-order valence-corrected chi connectivity index (χ3v) is 3.37. The lowest BCUT2D eigenvalue weighted by Gasteiger charge is -2.07. The standard InChI is InChI=1S/C16H17N3O2/c17-8-6-16(20)19-15-3-1-2-13(18-15)11-4-5-14-12(10-11)7-9-21-14/h1-5,10H,6-9,17H2,(H,18,19,20). The van der Waals surface area contributed by atoms with Gasteiger partial charge >= 0.3 is 0 Å². The third-order valence-electron chi connectivity index (χ3n) is 3.37. The monoisotopic (exact) mass is 283 g/mol. The number of aromatic nitrogens is 1. The Kier molecular flexibility index (Phi) is 3.83. The molecule has 0 spiro atoms. The van der Waals surface area contributed by atoms with E-state index in [2.05, 4.69) is 16.4 Å². The van der Waals surface area contributed by atoms with Crippen molar-refractivity contribution in [2.75, 3.05) is 18.5 Å². The summed E-state index contributed by atoms with van der Waals surface area (Å²) < 4.78 is 5.50. The van der Waals surface area contributed by atoms with Crippen molar-refractivity contribution in [3.63, 3.8) is 0 Å². The van der Waals surface area contributed by atoms with E-state index in [0.717, 1.165) is 30.0 Å². The fourth-order valence-electron chi connectivity index (χ4n) is 2.35. The van der Waals surface area contributed by atoms with Crippen LogP contribution in [0.5, 0.6) is 5.75 Å². The Bertz CT molecular complexity index is 670. The Balaban J connectivity index is 1.84. The van der Waals surface area contributed by atoms with Crippen molar-refractivity contribution in [2.24, 2.45) is 5.73 Å². The van der Waals surface area contributed by atoms with Crippen LogP contribution >= 0.6 is 0 Å². The van der Waals surface area contributed by atoms with Gasteiger partial charge in [-0.2, -0.15) is 0 Å². The zero-order valence-electron chi connectivity index (χ0n) is 11.6. The molecule has 2 aromatic rings. The van der Waals surface area contributed by atoms with Gasteiger partial charge in [0, 0.05) is 24.9 Å². The molecule has 2 heterocycles. The first-order valence-electron chi connectivity index (χ1n) is 6.99. The molecule has 5 heteroatoms. The number of nitrogens with zero attached hydrogens (tertiary/aromatic N) is 1. The summed E-state index contributed by atoms with van der Waals surface area (Å²) >= 11 is 0. The van der Waals surface area contributed by atoms with E-state index in [1.165, 1.54) is 5.56 Å². The second kappa shape index (κ2) is 5.93. The number of ether oxygens (including phenoxy) is 1. The molecule has 1 aromatic carbocycles. The molecule has 3 rings (SSSR count). The smallest absolute Gasteiger partial charge is 0.226 e. The van der Waals surface area contributed by atoms with Crippen LogP contribution in [0.3, 0.4) is 0 Å². The molecule has 1 amide bonds. The number of hydrogen-bond donors (Lipinski definition) is 2. The molecule has 5 nitrogen and oxygen atoms in total. The molecular formula is C16H17N3O2. The molecule has 0 saturated carbocycles. The van der Waals surface area contributed by atoms with Crippen LogP contribution < -0.4 is 15.8 Å². The van der Waals surface area contributed by atoms with Crippen LogP contribution in [-0.2, 0) is 11.2 Å². The highest BCUT2D eigenvalue weighted by Gasteiger charge is 2.13. The number of pyridine rings is 1. The average Bonchev–Trinajstić information content (AvgIpc) is 2.95. The largest absolute Gasteiger partial charge is 0.493 e. The molecule has 108 valence electrons. The first-order chi connectivity index (χ1) is 10.3. The molecule has 1 aliphatic rings. The number of carbonyl (C=O) groups excluding carboxylic acids is 1. The van der Waals surface area contributed by atoms with Gasteiger partial charge in [-0.05, 0) is 35.9 Å². The van der Waals surface area contributed by atoms with E-state index >= 15 is 0 Å². The fraction of sp³-hybridized carbons (Fsp3) is 0.250. The lowest BCUT2D eigenvalue weighted by molar-refractivity contribution is -0.116. The maximum absolute atomic E-state index is 11.6. The van der Waals surface area contributed by atoms with Gasteiger partial charge in [0.1, 0.15) is 11.6 Å². The van der Waals surface area contributed by atoms with Gasteiger partial charge in [-0.1, -0.05) is 6.07 Å². The summed E-state index contributed by atoms with van der Waals surface area (Å²) in [5.41, 5.74) is 8.42. The molecule has 0 fully saturated rings. The molecule has 0 radical (unpaired) electrons. The molecule has 3 N–H and O–H groups in total. The van der Waals surface area contributed by atoms with Crippen LogP contribution in [0, 0.1) is 0 Å². The highest BCUT2D eigenvalue weighted by molar-refractivity contribution is 5.90. The van der Waals surface area contributed by atoms with Crippen LogP contribution in [0.25, 0.3) is 11.3 Å². The minimum absolute atomic E-state index is 0.121. The van der Waals surface area contributed by atoms with Gasteiger partial charge in [-0.25, -0.2) is 4.98 Å². The van der Waals surface area contributed by atoms with Gasteiger partial charge in [-0.3, -0.25) is 4.79 Å². The number of nitrogens with two attached hydrogens (primary N) is 1. The Hall–Kier alpha value is -2.40. The lowest BCUT2D eigenvalue weighted by atomic mass is 10.1. The van der Waals surface area contributed by atoms with E-state index in [1.807, 2.05) is 24.3 Å². The van der Waals surface area contributed by atoms with Gasteiger partial charge in [0.15, 0.2) is 0 Å². The van der Waals surface area contributed by atoms with E-state index in [1.54, 1.807) is 6.07 Å². The van der Waals surface area contributed by atoms with E-state index < -0.39 is 0 Å². The molecule has 1 aromatic heterocycles. The van der Waals surface area contributed by atoms with Crippen molar-refractivity contribution < 1.29 is 9.53 Å². The Morgan fingerprint density at radius 2 is 2.24 bits per heavy atom. The first-order valence-corrected chi connectivity index (χ1v) is 6.99. The van der Waals surface area contributed by atoms with Crippen LogP contribution in [0.15, 0.2) is 36.4 Å². The zero-order valence-corrected chi connectivity index (χ0v) is 11.6. The molecule has 0 atom stereocenters. The number of hydrogen-bond acceptors (Lipinski definition) is 4. The first kappa shape index (κ1) is 13.6. The van der Waals surface area contributed by atoms with E-state index in [9.17, 15) is 4.79 Å². The minimum atomic E-state index is -0.121. The molecular weight excluding hydrogens is 266 g/mol. The fourth-order valence-corrected chi connectivity index (χ4v) is 2.35. The quantitative estimate of drug-likeness (QED) is 0.899. The molecule has 1 aliphatic heterocycles. The van der Waals surface area contributed by atoms with Crippen molar-refractivity contribution in [1.29, 1.82) is 0 Å². The van der Waals surface area contributed by atoms with Gasteiger partial charge in [0.25, 0.3) is 0 Å². The SMILES string of the molecule is NCCC(=O)Nc1cccc(-c2ccc3c(c2)CCO3)n1. The number of anilines is 1. The summed E-state index contributed by atoms with van der Waals surface area (Å²) in [5, 5.41) is 2.75. The lowest BCUT2D eigenvalue weighted by Crippen LogP contribution is -2.16. The summed E-state index contributed by atoms with van der Waals surface area (Å²) in [6, 6.07) is 11.6. The summed E-state index contributed by atoms with van der Waals surface area (Å²) in [6.45, 7) is 1.07. The third kappa shape index (κ3) is 3.03. The minimum Gasteiger partial charge on any atom is -0.493 e. The van der Waals surface area contributed by atoms with E-state index in [0.29, 0.717) is 18.8 Å². The highest BCUT2D eigenvalue weighted by Crippen LogP contribution is 2.30. The molecule has 0 aliphatic carbocycles. The number of fused-ring (bicyclic) bond motifs is 1. The summed E-state index contributed by atoms with van der Waals surface area (Å²) in [5.74, 6) is 1.37. The van der Waals surface area contributed by atoms with Crippen LogP contribution in [-0.4, -0.2) is 24.0 Å². The highest BCUT2D eigenvalue weighted by atomic mass is 16.5. The maximum atomic E-state index is 11.6. The van der Waals surface area contributed by atoms with Gasteiger partial charge < -0.3 is 15.8 Å². The second-order valence-corrected chi connectivity index (χ2v) is 4.92. The van der Waals surface area contributed by atoms with Crippen molar-refractivity contribution in [3.05, 3.63) is 42.0 Å². The molecule has 0 saturated heterocycles. The van der Waals surface area contributed by atoms with Gasteiger partial charge in [0.2, 0.25) is 5.91 Å². The van der Waals surface area contributed by atoms with Gasteiger partial charge in [-0.15, -0.1) is 0 Å². The zero-order chi connectivity index (χ0) is 14.7. The van der Waals surface area contributed by atoms with Crippen LogP contribution in [0.1, 0.15) is 12.0 Å².